The average molecular weight is 309 g/mol. The van der Waals surface area contributed by atoms with Gasteiger partial charge in [0, 0.05) is 11.6 Å². The van der Waals surface area contributed by atoms with Crippen LogP contribution >= 0.6 is 11.3 Å². The number of anilines is 1. The summed E-state index contributed by atoms with van der Waals surface area (Å²) in [5.41, 5.74) is 0.222. The molecule has 0 fully saturated rings. The van der Waals surface area contributed by atoms with Gasteiger partial charge in [-0.3, -0.25) is 19.6 Å². The van der Waals surface area contributed by atoms with Crippen LogP contribution in [0, 0.1) is 0 Å². The van der Waals surface area contributed by atoms with Crippen LogP contribution in [-0.2, 0) is 10.0 Å². The van der Waals surface area contributed by atoms with E-state index in [1.165, 1.54) is 24.4 Å². The van der Waals surface area contributed by atoms with Crippen LogP contribution in [0.1, 0.15) is 20.7 Å². The zero-order valence-electron chi connectivity index (χ0n) is 9.78. The summed E-state index contributed by atoms with van der Waals surface area (Å²) < 4.78 is 26.5. The zero-order chi connectivity index (χ0) is 14.3. The van der Waals surface area contributed by atoms with Crippen LogP contribution in [0.15, 0.2) is 34.7 Å². The number of rotatable bonds is 3. The van der Waals surface area contributed by atoms with Gasteiger partial charge in [0.1, 0.15) is 0 Å². The minimum absolute atomic E-state index is 0.0528. The lowest BCUT2D eigenvalue weighted by atomic mass is 10.1. The quantitative estimate of drug-likeness (QED) is 0.817. The fourth-order valence-corrected chi connectivity index (χ4v) is 3.58. The molecule has 1 aromatic heterocycles. The number of imide groups is 1. The van der Waals surface area contributed by atoms with E-state index in [0.717, 1.165) is 11.3 Å². The first-order chi connectivity index (χ1) is 9.47. The van der Waals surface area contributed by atoms with Gasteiger partial charge < -0.3 is 0 Å². The topological polar surface area (TPSA) is 105 Å². The van der Waals surface area contributed by atoms with E-state index < -0.39 is 21.8 Å². The molecule has 3 rings (SSSR count). The molecule has 0 saturated carbocycles. The summed E-state index contributed by atoms with van der Waals surface area (Å²) in [6.07, 6.45) is 1.47. The lowest BCUT2D eigenvalue weighted by molar-refractivity contribution is 0.0879. The van der Waals surface area contributed by atoms with Crippen LogP contribution in [-0.4, -0.2) is 25.2 Å². The number of hydrogen-bond acceptors (Lipinski definition) is 6. The molecule has 0 saturated heterocycles. The first-order valence-corrected chi connectivity index (χ1v) is 7.76. The van der Waals surface area contributed by atoms with Crippen molar-refractivity contribution in [3.8, 4) is 0 Å². The number of thiazole rings is 1. The maximum Gasteiger partial charge on any atom is 0.263 e. The van der Waals surface area contributed by atoms with E-state index >= 15 is 0 Å². The number of nitrogens with zero attached hydrogens (tertiary/aromatic N) is 1. The molecule has 2 heterocycles. The standard InChI is InChI=1S/C11H7N3O4S2/c15-9-7-2-1-6(5-8(7)10(16)13-9)20(17,18)14-11-12-3-4-19-11/h1-5H,(H,12,14)(H,13,15,16). The third kappa shape index (κ3) is 2.06. The highest BCUT2D eigenvalue weighted by Crippen LogP contribution is 2.22. The van der Waals surface area contributed by atoms with Gasteiger partial charge in [0.2, 0.25) is 0 Å². The number of hydrogen-bond donors (Lipinski definition) is 2. The Morgan fingerprint density at radius 1 is 1.15 bits per heavy atom. The van der Waals surface area contributed by atoms with Crippen molar-refractivity contribution in [2.24, 2.45) is 0 Å². The molecule has 102 valence electrons. The maximum atomic E-state index is 12.1. The van der Waals surface area contributed by atoms with Crippen molar-refractivity contribution in [2.45, 2.75) is 4.90 Å². The van der Waals surface area contributed by atoms with Gasteiger partial charge >= 0.3 is 0 Å². The molecule has 2 aromatic rings. The second kappa shape index (κ2) is 4.39. The molecule has 0 unspecified atom stereocenters. The summed E-state index contributed by atoms with van der Waals surface area (Å²) >= 11 is 1.14. The van der Waals surface area contributed by atoms with Crippen molar-refractivity contribution < 1.29 is 18.0 Å². The van der Waals surface area contributed by atoms with Gasteiger partial charge in [0.15, 0.2) is 5.13 Å². The number of nitrogens with one attached hydrogen (secondary N) is 2. The first kappa shape index (κ1) is 12.8. The Hall–Kier alpha value is -2.26. The number of benzene rings is 1. The Bertz CT molecular complexity index is 812. The van der Waals surface area contributed by atoms with Crippen LogP contribution in [0.5, 0.6) is 0 Å². The fraction of sp³-hybridized carbons (Fsp3) is 0. The van der Waals surface area contributed by atoms with Gasteiger partial charge in [0.25, 0.3) is 21.8 Å². The monoisotopic (exact) mass is 309 g/mol. The van der Waals surface area contributed by atoms with E-state index in [9.17, 15) is 18.0 Å². The van der Waals surface area contributed by atoms with Gasteiger partial charge in [-0.05, 0) is 18.2 Å². The summed E-state index contributed by atoms with van der Waals surface area (Å²) in [4.78, 5) is 26.6. The molecule has 1 aliphatic rings. The van der Waals surface area contributed by atoms with Crippen LogP contribution in [0.3, 0.4) is 0 Å². The average Bonchev–Trinajstić information content (AvgIpc) is 2.98. The second-order valence-electron chi connectivity index (χ2n) is 3.93. The highest BCUT2D eigenvalue weighted by Gasteiger charge is 2.28. The number of fused-ring (bicyclic) bond motifs is 1. The van der Waals surface area contributed by atoms with Crippen molar-refractivity contribution >= 4 is 38.3 Å². The summed E-state index contributed by atoms with van der Waals surface area (Å²) in [6, 6.07) is 3.75. The largest absolute Gasteiger partial charge is 0.288 e. The molecule has 1 aliphatic heterocycles. The van der Waals surface area contributed by atoms with Crippen molar-refractivity contribution in [1.29, 1.82) is 0 Å². The van der Waals surface area contributed by atoms with Crippen LogP contribution < -0.4 is 10.0 Å². The molecule has 1 aromatic carbocycles. The molecule has 20 heavy (non-hydrogen) atoms. The van der Waals surface area contributed by atoms with E-state index in [-0.39, 0.29) is 21.2 Å². The Balaban J connectivity index is 2.01. The predicted octanol–water partition coefficient (Wildman–Crippen LogP) is 0.827. The molecule has 0 atom stereocenters. The van der Waals surface area contributed by atoms with E-state index in [4.69, 9.17) is 0 Å². The molecule has 0 aliphatic carbocycles. The number of sulfonamides is 1. The number of carbonyl (C=O) groups is 2. The molecule has 0 radical (unpaired) electrons. The number of aromatic nitrogens is 1. The first-order valence-electron chi connectivity index (χ1n) is 5.39. The highest BCUT2D eigenvalue weighted by atomic mass is 32.2. The summed E-state index contributed by atoms with van der Waals surface area (Å²) in [5, 5.41) is 3.96. The fourth-order valence-electron chi connectivity index (χ4n) is 1.76. The van der Waals surface area contributed by atoms with E-state index in [0.29, 0.717) is 0 Å². The molecular formula is C11H7N3O4S2. The Kier molecular flexibility index (Phi) is 2.80. The third-order valence-corrected chi connectivity index (χ3v) is 4.83. The molecule has 7 nitrogen and oxygen atoms in total. The Morgan fingerprint density at radius 3 is 2.60 bits per heavy atom. The van der Waals surface area contributed by atoms with Gasteiger partial charge in [-0.1, -0.05) is 0 Å². The van der Waals surface area contributed by atoms with Crippen LogP contribution in [0.4, 0.5) is 5.13 Å². The van der Waals surface area contributed by atoms with E-state index in [1.807, 2.05) is 0 Å². The molecule has 2 N–H and O–H groups in total. The lowest BCUT2D eigenvalue weighted by Gasteiger charge is -2.05. The van der Waals surface area contributed by atoms with Crippen molar-refractivity contribution in [3.05, 3.63) is 40.9 Å². The van der Waals surface area contributed by atoms with Gasteiger partial charge in [-0.25, -0.2) is 13.4 Å². The molecule has 0 bridgehead atoms. The van der Waals surface area contributed by atoms with Crippen molar-refractivity contribution in [3.63, 3.8) is 0 Å². The minimum Gasteiger partial charge on any atom is -0.288 e. The molecular weight excluding hydrogens is 302 g/mol. The van der Waals surface area contributed by atoms with Gasteiger partial charge in [-0.15, -0.1) is 11.3 Å². The van der Waals surface area contributed by atoms with Crippen molar-refractivity contribution in [2.75, 3.05) is 4.72 Å². The second-order valence-corrected chi connectivity index (χ2v) is 6.51. The predicted molar refractivity (Wildman–Crippen MR) is 71.2 cm³/mol. The van der Waals surface area contributed by atoms with E-state index in [1.54, 1.807) is 5.38 Å². The highest BCUT2D eigenvalue weighted by molar-refractivity contribution is 7.93. The summed E-state index contributed by atoms with van der Waals surface area (Å²) in [7, 11) is -3.84. The summed E-state index contributed by atoms with van der Waals surface area (Å²) in [6.45, 7) is 0. The molecule has 2 amide bonds. The number of carbonyl (C=O) groups excluding carboxylic acids is 2. The van der Waals surface area contributed by atoms with Gasteiger partial charge in [0.05, 0.1) is 16.0 Å². The van der Waals surface area contributed by atoms with Crippen LogP contribution in [0.25, 0.3) is 0 Å². The third-order valence-electron chi connectivity index (χ3n) is 2.67. The van der Waals surface area contributed by atoms with Crippen molar-refractivity contribution in [1.82, 2.24) is 10.3 Å². The Labute approximate surface area is 117 Å². The molecule has 0 spiro atoms. The smallest absolute Gasteiger partial charge is 0.263 e. The molecule has 9 heteroatoms. The van der Waals surface area contributed by atoms with E-state index in [2.05, 4.69) is 15.0 Å². The Morgan fingerprint density at radius 2 is 1.90 bits per heavy atom. The lowest BCUT2D eigenvalue weighted by Crippen LogP contribution is -2.19. The maximum absolute atomic E-state index is 12.1. The minimum atomic E-state index is -3.84. The summed E-state index contributed by atoms with van der Waals surface area (Å²) in [5.74, 6) is -1.13. The van der Waals surface area contributed by atoms with Crippen LogP contribution in [0.2, 0.25) is 0 Å². The normalized spacial score (nSPS) is 14.0. The zero-order valence-corrected chi connectivity index (χ0v) is 11.4. The SMILES string of the molecule is O=C1NC(=O)c2cc(S(=O)(=O)Nc3nccs3)ccc21. The van der Waals surface area contributed by atoms with Gasteiger partial charge in [-0.2, -0.15) is 0 Å². The number of amides is 2.